The Morgan fingerprint density at radius 1 is 1.50 bits per heavy atom. The number of aliphatic hydroxyl groups excluding tert-OH is 1. The maximum absolute atomic E-state index is 11.3. The molecule has 0 aliphatic heterocycles. The van der Waals surface area contributed by atoms with Gasteiger partial charge in [0.15, 0.2) is 0 Å². The van der Waals surface area contributed by atoms with Crippen molar-refractivity contribution in [3.63, 3.8) is 0 Å². The third-order valence-electron chi connectivity index (χ3n) is 1.53. The van der Waals surface area contributed by atoms with Gasteiger partial charge in [-0.2, -0.15) is 0 Å². The second-order valence-corrected chi connectivity index (χ2v) is 3.66. The minimum Gasteiger partial charge on any atom is -0.447 e. The van der Waals surface area contributed by atoms with Crippen LogP contribution in [0.25, 0.3) is 0 Å². The molecule has 0 aromatic rings. The molecular formula is C9H19NO4. The highest BCUT2D eigenvalue weighted by atomic mass is 16.6. The number of amides is 1. The second-order valence-electron chi connectivity index (χ2n) is 3.66. The van der Waals surface area contributed by atoms with Crippen molar-refractivity contribution in [3.8, 4) is 0 Å². The first-order valence-electron chi connectivity index (χ1n) is 4.65. The Bertz CT molecular complexity index is 176. The van der Waals surface area contributed by atoms with E-state index in [1.807, 2.05) is 0 Å². The number of nitrogens with zero attached hydrogens (tertiary/aromatic N) is 1. The highest BCUT2D eigenvalue weighted by molar-refractivity contribution is 5.67. The normalized spacial score (nSPS) is 11.2. The highest BCUT2D eigenvalue weighted by Gasteiger charge is 2.21. The third kappa shape index (κ3) is 5.77. The molecule has 5 heteroatoms. The smallest absolute Gasteiger partial charge is 0.409 e. The van der Waals surface area contributed by atoms with E-state index in [0.717, 1.165) is 0 Å². The summed E-state index contributed by atoms with van der Waals surface area (Å²) in [5.41, 5.74) is -0.936. The first kappa shape index (κ1) is 13.2. The molecule has 0 aromatic heterocycles. The molecule has 0 spiro atoms. The van der Waals surface area contributed by atoms with Gasteiger partial charge in [-0.25, -0.2) is 4.79 Å². The Balaban J connectivity index is 4.06. The van der Waals surface area contributed by atoms with Crippen LogP contribution in [0.2, 0.25) is 0 Å². The van der Waals surface area contributed by atoms with Crippen molar-refractivity contribution in [1.29, 1.82) is 0 Å². The van der Waals surface area contributed by atoms with Gasteiger partial charge in [0.05, 0.1) is 18.8 Å². The van der Waals surface area contributed by atoms with Crippen molar-refractivity contribution in [3.05, 3.63) is 0 Å². The SMILES string of the molecule is CCN(CC(C)(C)O)C(=O)OCCO. The van der Waals surface area contributed by atoms with Crippen molar-refractivity contribution in [1.82, 2.24) is 4.90 Å². The Morgan fingerprint density at radius 2 is 2.07 bits per heavy atom. The van der Waals surface area contributed by atoms with Crippen molar-refractivity contribution in [2.24, 2.45) is 0 Å². The Hall–Kier alpha value is -0.810. The summed E-state index contributed by atoms with van der Waals surface area (Å²) in [5.74, 6) is 0. The molecule has 14 heavy (non-hydrogen) atoms. The maximum Gasteiger partial charge on any atom is 0.409 e. The first-order chi connectivity index (χ1) is 6.40. The van der Waals surface area contributed by atoms with E-state index in [-0.39, 0.29) is 19.8 Å². The summed E-state index contributed by atoms with van der Waals surface area (Å²) in [5, 5.41) is 18.0. The van der Waals surface area contributed by atoms with Crippen LogP contribution in [-0.2, 0) is 4.74 Å². The molecule has 0 aliphatic carbocycles. The third-order valence-corrected chi connectivity index (χ3v) is 1.53. The summed E-state index contributed by atoms with van der Waals surface area (Å²) in [6.45, 7) is 5.52. The van der Waals surface area contributed by atoms with Gasteiger partial charge >= 0.3 is 6.09 Å². The molecule has 2 N–H and O–H groups in total. The van der Waals surface area contributed by atoms with Crippen molar-refractivity contribution in [2.75, 3.05) is 26.3 Å². The Morgan fingerprint density at radius 3 is 2.43 bits per heavy atom. The van der Waals surface area contributed by atoms with Gasteiger partial charge < -0.3 is 19.8 Å². The zero-order valence-corrected chi connectivity index (χ0v) is 8.99. The molecule has 0 bridgehead atoms. The van der Waals surface area contributed by atoms with Crippen LogP contribution >= 0.6 is 0 Å². The molecule has 5 nitrogen and oxygen atoms in total. The molecule has 0 aromatic carbocycles. The van der Waals surface area contributed by atoms with Crippen molar-refractivity contribution < 1.29 is 19.7 Å². The molecule has 0 saturated heterocycles. The van der Waals surface area contributed by atoms with Gasteiger partial charge in [0.1, 0.15) is 6.61 Å². The van der Waals surface area contributed by atoms with Crippen molar-refractivity contribution in [2.45, 2.75) is 26.4 Å². The quantitative estimate of drug-likeness (QED) is 0.673. The molecule has 0 radical (unpaired) electrons. The molecule has 0 aliphatic rings. The summed E-state index contributed by atoms with van der Waals surface area (Å²) < 4.78 is 4.72. The first-order valence-corrected chi connectivity index (χ1v) is 4.65. The van der Waals surface area contributed by atoms with Crippen LogP contribution in [0.3, 0.4) is 0 Å². The predicted molar refractivity (Wildman–Crippen MR) is 52.0 cm³/mol. The maximum atomic E-state index is 11.3. The predicted octanol–water partition coefficient (Wildman–Crippen LogP) is 0.208. The van der Waals surface area contributed by atoms with Crippen LogP contribution in [0.15, 0.2) is 0 Å². The summed E-state index contributed by atoms with van der Waals surface area (Å²) in [6, 6.07) is 0. The molecule has 0 fully saturated rings. The lowest BCUT2D eigenvalue weighted by atomic mass is 10.1. The van der Waals surface area contributed by atoms with Gasteiger partial charge in [-0.3, -0.25) is 0 Å². The molecule has 0 heterocycles. The van der Waals surface area contributed by atoms with E-state index in [9.17, 15) is 9.90 Å². The summed E-state index contributed by atoms with van der Waals surface area (Å²) >= 11 is 0. The van der Waals surface area contributed by atoms with E-state index in [0.29, 0.717) is 6.54 Å². The number of rotatable bonds is 5. The van der Waals surface area contributed by atoms with E-state index in [1.165, 1.54) is 4.90 Å². The van der Waals surface area contributed by atoms with Crippen LogP contribution in [0.5, 0.6) is 0 Å². The van der Waals surface area contributed by atoms with Gasteiger partial charge in [-0.1, -0.05) is 0 Å². The lowest BCUT2D eigenvalue weighted by Crippen LogP contribution is -2.42. The number of hydrogen-bond donors (Lipinski definition) is 2. The number of aliphatic hydroxyl groups is 2. The van der Waals surface area contributed by atoms with E-state index in [1.54, 1.807) is 20.8 Å². The topological polar surface area (TPSA) is 70.0 Å². The average molecular weight is 205 g/mol. The zero-order chi connectivity index (χ0) is 11.2. The van der Waals surface area contributed by atoms with Crippen LogP contribution in [0, 0.1) is 0 Å². The molecule has 0 atom stereocenters. The summed E-state index contributed by atoms with van der Waals surface area (Å²) in [7, 11) is 0. The minimum absolute atomic E-state index is 0.0127. The number of carbonyl (C=O) groups excluding carboxylic acids is 1. The zero-order valence-electron chi connectivity index (χ0n) is 8.99. The summed E-state index contributed by atoms with van der Waals surface area (Å²) in [4.78, 5) is 12.7. The molecule has 0 saturated carbocycles. The van der Waals surface area contributed by atoms with E-state index in [4.69, 9.17) is 9.84 Å². The molecule has 84 valence electrons. The standard InChI is InChI=1S/C9H19NO4/c1-4-10(7-9(2,3)13)8(12)14-6-5-11/h11,13H,4-7H2,1-3H3. The highest BCUT2D eigenvalue weighted by Crippen LogP contribution is 2.05. The Labute approximate surface area is 84.3 Å². The minimum atomic E-state index is -0.936. The van der Waals surface area contributed by atoms with Gasteiger partial charge in [0.25, 0.3) is 0 Å². The van der Waals surface area contributed by atoms with Gasteiger partial charge in [-0.05, 0) is 20.8 Å². The number of ether oxygens (including phenoxy) is 1. The van der Waals surface area contributed by atoms with E-state index in [2.05, 4.69) is 0 Å². The Kier molecular flexibility index (Phi) is 5.49. The molecule has 0 unspecified atom stereocenters. The number of hydrogen-bond acceptors (Lipinski definition) is 4. The number of likely N-dealkylation sites (N-methyl/N-ethyl adjacent to an activating group) is 1. The average Bonchev–Trinajstić information content (AvgIpc) is 2.08. The van der Waals surface area contributed by atoms with E-state index >= 15 is 0 Å². The fourth-order valence-corrected chi connectivity index (χ4v) is 0.997. The van der Waals surface area contributed by atoms with Gasteiger partial charge in [-0.15, -0.1) is 0 Å². The lowest BCUT2D eigenvalue weighted by Gasteiger charge is -2.27. The van der Waals surface area contributed by atoms with Crippen LogP contribution in [0.1, 0.15) is 20.8 Å². The van der Waals surface area contributed by atoms with Crippen LogP contribution in [-0.4, -0.2) is 53.1 Å². The lowest BCUT2D eigenvalue weighted by molar-refractivity contribution is 0.0258. The summed E-state index contributed by atoms with van der Waals surface area (Å²) in [6.07, 6.45) is -0.510. The van der Waals surface area contributed by atoms with Gasteiger partial charge in [0, 0.05) is 6.54 Å². The largest absolute Gasteiger partial charge is 0.447 e. The van der Waals surface area contributed by atoms with Crippen LogP contribution in [0.4, 0.5) is 4.79 Å². The monoisotopic (exact) mass is 205 g/mol. The fourth-order valence-electron chi connectivity index (χ4n) is 0.997. The molecule has 1 amide bonds. The van der Waals surface area contributed by atoms with E-state index < -0.39 is 11.7 Å². The van der Waals surface area contributed by atoms with Gasteiger partial charge in [0.2, 0.25) is 0 Å². The van der Waals surface area contributed by atoms with Crippen LogP contribution < -0.4 is 0 Å². The second kappa shape index (κ2) is 5.82. The molecular weight excluding hydrogens is 186 g/mol. The molecule has 0 rings (SSSR count). The number of carbonyl (C=O) groups is 1. The fraction of sp³-hybridized carbons (Fsp3) is 0.889. The van der Waals surface area contributed by atoms with Crippen molar-refractivity contribution >= 4 is 6.09 Å².